The molecule has 4 N–H and O–H groups in total. The molecule has 0 saturated heterocycles. The summed E-state index contributed by atoms with van der Waals surface area (Å²) in [5.41, 5.74) is 1.14. The van der Waals surface area contributed by atoms with Gasteiger partial charge in [-0.15, -0.1) is 0 Å². The van der Waals surface area contributed by atoms with E-state index in [4.69, 9.17) is 0 Å². The molecule has 2 aromatic carbocycles. The van der Waals surface area contributed by atoms with Gasteiger partial charge in [-0.05, 0) is 12.1 Å². The van der Waals surface area contributed by atoms with Gasteiger partial charge in [-0.2, -0.15) is 0 Å². The van der Waals surface area contributed by atoms with Gasteiger partial charge in [-0.25, -0.2) is 9.97 Å². The number of benzene rings is 2. The SMILES string of the molecule is O=[N+]([O-])c1ccc2nc([C@H](O)[C@@H](O)c3nc4ccc([N+](=O)[O-])cc4[nH]3)[nH]c2c1. The first-order valence-corrected chi connectivity index (χ1v) is 7.98. The van der Waals surface area contributed by atoms with E-state index in [2.05, 4.69) is 19.9 Å². The number of aliphatic hydroxyl groups is 2. The largest absolute Gasteiger partial charge is 0.382 e. The molecule has 0 saturated carbocycles. The first-order valence-electron chi connectivity index (χ1n) is 7.98. The first-order chi connectivity index (χ1) is 13.3. The van der Waals surface area contributed by atoms with E-state index < -0.39 is 22.1 Å². The normalized spacial score (nSPS) is 13.6. The highest BCUT2D eigenvalue weighted by molar-refractivity contribution is 5.78. The maximum atomic E-state index is 10.9. The minimum atomic E-state index is -1.51. The van der Waals surface area contributed by atoms with E-state index in [1.807, 2.05) is 0 Å². The summed E-state index contributed by atoms with van der Waals surface area (Å²) in [4.78, 5) is 34.3. The molecule has 0 aliphatic rings. The van der Waals surface area contributed by atoms with Crippen molar-refractivity contribution in [2.75, 3.05) is 0 Å². The van der Waals surface area contributed by atoms with Gasteiger partial charge in [0, 0.05) is 24.3 Å². The Morgan fingerprint density at radius 1 is 0.786 bits per heavy atom. The molecule has 2 aromatic heterocycles. The minimum Gasteiger partial charge on any atom is -0.382 e. The molecule has 12 heteroatoms. The van der Waals surface area contributed by atoms with Crippen LogP contribution in [0.15, 0.2) is 36.4 Å². The topological polar surface area (TPSA) is 184 Å². The lowest BCUT2D eigenvalue weighted by molar-refractivity contribution is -0.384. The van der Waals surface area contributed by atoms with Crippen molar-refractivity contribution >= 4 is 33.4 Å². The Hall–Kier alpha value is -3.90. The molecule has 0 bridgehead atoms. The Morgan fingerprint density at radius 3 is 1.54 bits per heavy atom. The van der Waals surface area contributed by atoms with Crippen LogP contribution in [0.5, 0.6) is 0 Å². The van der Waals surface area contributed by atoms with Crippen molar-refractivity contribution in [1.82, 2.24) is 19.9 Å². The molecular formula is C16H12N6O6. The van der Waals surface area contributed by atoms with Crippen LogP contribution in [-0.2, 0) is 0 Å². The number of nitro benzene ring substituents is 2. The lowest BCUT2D eigenvalue weighted by Crippen LogP contribution is -2.13. The zero-order chi connectivity index (χ0) is 20.0. The summed E-state index contributed by atoms with van der Waals surface area (Å²) in [5, 5.41) is 42.6. The minimum absolute atomic E-state index is 0.00515. The fourth-order valence-corrected chi connectivity index (χ4v) is 2.84. The second-order valence-electron chi connectivity index (χ2n) is 6.05. The van der Waals surface area contributed by atoms with Crippen LogP contribution in [0.2, 0.25) is 0 Å². The summed E-state index contributed by atoms with van der Waals surface area (Å²) in [5.74, 6) is -0.0103. The number of aromatic nitrogens is 4. The molecule has 0 amide bonds. The summed E-state index contributed by atoms with van der Waals surface area (Å²) in [6.07, 6.45) is -3.02. The van der Waals surface area contributed by atoms with Gasteiger partial charge in [0.1, 0.15) is 23.9 Å². The fourth-order valence-electron chi connectivity index (χ4n) is 2.84. The number of aliphatic hydroxyl groups excluding tert-OH is 2. The molecule has 0 aliphatic heterocycles. The third-order valence-corrected chi connectivity index (χ3v) is 4.25. The first kappa shape index (κ1) is 17.5. The smallest absolute Gasteiger partial charge is 0.271 e. The molecular weight excluding hydrogens is 372 g/mol. The zero-order valence-electron chi connectivity index (χ0n) is 13.9. The molecule has 12 nitrogen and oxygen atoms in total. The summed E-state index contributed by atoms with van der Waals surface area (Å²) in [6.45, 7) is 0. The molecule has 0 spiro atoms. The van der Waals surface area contributed by atoms with Gasteiger partial charge in [0.05, 0.1) is 31.9 Å². The van der Waals surface area contributed by atoms with Crippen molar-refractivity contribution in [3.8, 4) is 0 Å². The van der Waals surface area contributed by atoms with Gasteiger partial charge >= 0.3 is 0 Å². The Balaban J connectivity index is 1.66. The second-order valence-corrected chi connectivity index (χ2v) is 6.05. The average molecular weight is 384 g/mol. The van der Waals surface area contributed by atoms with Crippen LogP contribution in [0.25, 0.3) is 22.1 Å². The number of rotatable bonds is 5. The van der Waals surface area contributed by atoms with Crippen molar-refractivity contribution < 1.29 is 20.1 Å². The molecule has 0 unspecified atom stereocenters. The third-order valence-electron chi connectivity index (χ3n) is 4.25. The number of H-pyrrole nitrogens is 2. The average Bonchev–Trinajstić information content (AvgIpc) is 3.29. The van der Waals surface area contributed by atoms with E-state index in [1.165, 1.54) is 36.4 Å². The van der Waals surface area contributed by atoms with Crippen molar-refractivity contribution in [1.29, 1.82) is 0 Å². The molecule has 0 fully saturated rings. The Kier molecular flexibility index (Phi) is 3.98. The monoisotopic (exact) mass is 384 g/mol. The van der Waals surface area contributed by atoms with E-state index >= 15 is 0 Å². The number of hydrogen-bond acceptors (Lipinski definition) is 8. The van der Waals surface area contributed by atoms with E-state index in [9.17, 15) is 30.4 Å². The van der Waals surface area contributed by atoms with Crippen LogP contribution >= 0.6 is 0 Å². The summed E-state index contributed by atoms with van der Waals surface area (Å²) >= 11 is 0. The molecule has 0 radical (unpaired) electrons. The van der Waals surface area contributed by atoms with Crippen LogP contribution in [0.4, 0.5) is 11.4 Å². The fraction of sp³-hybridized carbons (Fsp3) is 0.125. The molecule has 2 atom stereocenters. The van der Waals surface area contributed by atoms with Crippen LogP contribution in [-0.4, -0.2) is 40.0 Å². The Labute approximate surface area is 154 Å². The highest BCUT2D eigenvalue weighted by Crippen LogP contribution is 2.30. The van der Waals surface area contributed by atoms with Gasteiger partial charge in [-0.3, -0.25) is 20.2 Å². The predicted octanol–water partition coefficient (Wildman–Crippen LogP) is 2.02. The van der Waals surface area contributed by atoms with Crippen molar-refractivity contribution in [2.24, 2.45) is 0 Å². The second kappa shape index (κ2) is 6.37. The lowest BCUT2D eigenvalue weighted by Gasteiger charge is -2.13. The van der Waals surface area contributed by atoms with Gasteiger partial charge in [-0.1, -0.05) is 0 Å². The van der Waals surface area contributed by atoms with Gasteiger partial charge < -0.3 is 20.2 Å². The highest BCUT2D eigenvalue weighted by atomic mass is 16.6. The van der Waals surface area contributed by atoms with Crippen LogP contribution in [0, 0.1) is 20.2 Å². The number of non-ortho nitro benzene ring substituents is 2. The van der Waals surface area contributed by atoms with E-state index in [0.29, 0.717) is 22.1 Å². The number of hydrogen-bond donors (Lipinski definition) is 4. The van der Waals surface area contributed by atoms with Crippen molar-refractivity contribution in [3.05, 3.63) is 68.3 Å². The van der Waals surface area contributed by atoms with Crippen molar-refractivity contribution in [2.45, 2.75) is 12.2 Å². The summed E-state index contributed by atoms with van der Waals surface area (Å²) in [7, 11) is 0. The Morgan fingerprint density at radius 2 is 1.18 bits per heavy atom. The van der Waals surface area contributed by atoms with Crippen LogP contribution in [0.1, 0.15) is 23.9 Å². The number of aromatic amines is 2. The van der Waals surface area contributed by atoms with Crippen LogP contribution < -0.4 is 0 Å². The highest BCUT2D eigenvalue weighted by Gasteiger charge is 2.27. The number of fused-ring (bicyclic) bond motifs is 2. The lowest BCUT2D eigenvalue weighted by atomic mass is 10.2. The molecule has 0 aliphatic carbocycles. The van der Waals surface area contributed by atoms with E-state index in [1.54, 1.807) is 0 Å². The third kappa shape index (κ3) is 2.91. The van der Waals surface area contributed by atoms with Crippen LogP contribution in [0.3, 0.4) is 0 Å². The maximum Gasteiger partial charge on any atom is 0.271 e. The summed E-state index contributed by atoms with van der Waals surface area (Å²) < 4.78 is 0. The predicted molar refractivity (Wildman–Crippen MR) is 95.4 cm³/mol. The maximum absolute atomic E-state index is 10.9. The number of imidazole rings is 2. The quantitative estimate of drug-likeness (QED) is 0.297. The van der Waals surface area contributed by atoms with Gasteiger partial charge in [0.2, 0.25) is 0 Å². The molecule has 4 rings (SSSR count). The Bertz CT molecular complexity index is 1140. The zero-order valence-corrected chi connectivity index (χ0v) is 13.9. The van der Waals surface area contributed by atoms with Gasteiger partial charge in [0.25, 0.3) is 11.4 Å². The van der Waals surface area contributed by atoms with Gasteiger partial charge in [0.15, 0.2) is 0 Å². The number of nitrogens with zero attached hydrogens (tertiary/aromatic N) is 4. The number of nitro groups is 2. The number of nitrogens with one attached hydrogen (secondary N) is 2. The molecule has 2 heterocycles. The summed E-state index contributed by atoms with van der Waals surface area (Å²) in [6, 6.07) is 7.94. The van der Waals surface area contributed by atoms with E-state index in [-0.39, 0.29) is 23.0 Å². The van der Waals surface area contributed by atoms with E-state index in [0.717, 1.165) is 0 Å². The van der Waals surface area contributed by atoms with Crippen molar-refractivity contribution in [3.63, 3.8) is 0 Å². The molecule has 142 valence electrons. The standard InChI is InChI=1S/C16H12N6O6/c23-13(15-17-9-3-1-7(21(25)26)5-11(9)19-15)14(24)16-18-10-4-2-8(22(27)28)6-12(10)20-16/h1-6,13-14,23-24H,(H,17,19)(H,18,20)/t13-,14-/m1/s1. The molecule has 4 aromatic rings. The molecule has 28 heavy (non-hydrogen) atoms.